The lowest BCUT2D eigenvalue weighted by atomic mass is 10.1. The van der Waals surface area contributed by atoms with E-state index >= 15 is 0 Å². The zero-order valence-electron chi connectivity index (χ0n) is 12.5. The average molecular weight is 329 g/mol. The molecule has 2 rings (SSSR count). The lowest BCUT2D eigenvalue weighted by molar-refractivity contribution is -0.189. The summed E-state index contributed by atoms with van der Waals surface area (Å²) in [4.78, 5) is 28.0. The van der Waals surface area contributed by atoms with Crippen LogP contribution in [0.3, 0.4) is 0 Å². The molecule has 1 fully saturated rings. The van der Waals surface area contributed by atoms with E-state index in [9.17, 15) is 22.8 Å². The molecule has 2 amide bonds. The van der Waals surface area contributed by atoms with Gasteiger partial charge in [0.15, 0.2) is 0 Å². The third-order valence-electron chi connectivity index (χ3n) is 3.88. The summed E-state index contributed by atoms with van der Waals surface area (Å²) in [5.74, 6) is -1.28. The summed E-state index contributed by atoms with van der Waals surface area (Å²) in [7, 11) is 0. The van der Waals surface area contributed by atoms with Gasteiger partial charge in [-0.15, -0.1) is 0 Å². The van der Waals surface area contributed by atoms with Crippen molar-refractivity contribution in [3.63, 3.8) is 0 Å². The van der Waals surface area contributed by atoms with Crippen molar-refractivity contribution in [3.8, 4) is 0 Å². The molecule has 126 valence electrons. The predicted molar refractivity (Wildman–Crippen MR) is 76.5 cm³/mol. The minimum Gasteiger partial charge on any atom is -0.364 e. The van der Waals surface area contributed by atoms with Gasteiger partial charge in [0.25, 0.3) is 5.91 Å². The van der Waals surface area contributed by atoms with Crippen LogP contribution in [0.5, 0.6) is 0 Å². The van der Waals surface area contributed by atoms with Crippen LogP contribution in [-0.4, -0.2) is 40.5 Å². The van der Waals surface area contributed by atoms with Gasteiger partial charge in [-0.05, 0) is 24.5 Å². The summed E-state index contributed by atoms with van der Waals surface area (Å²) in [6.07, 6.45) is -1.66. The van der Waals surface area contributed by atoms with E-state index in [0.29, 0.717) is 24.8 Å². The monoisotopic (exact) mass is 329 g/mol. The fraction of sp³-hybridized carbons (Fsp3) is 0.533. The average Bonchev–Trinajstić information content (AvgIpc) is 2.73. The standard InChI is InChI=1S/C15H18F3N3O2/c16-15(17,18)12-4-2-1-3-7-21(12)13(22)8-10-5-6-11(14(19)23)20-9-10/h5-6,9,12H,1-4,7-8H2,(H2,19,23). The molecular weight excluding hydrogens is 311 g/mol. The maximum atomic E-state index is 13.2. The van der Waals surface area contributed by atoms with Crippen molar-refractivity contribution >= 4 is 11.8 Å². The van der Waals surface area contributed by atoms with E-state index in [0.717, 1.165) is 4.90 Å². The van der Waals surface area contributed by atoms with E-state index in [2.05, 4.69) is 4.98 Å². The number of alkyl halides is 3. The molecule has 0 saturated carbocycles. The molecule has 1 aliphatic rings. The molecule has 2 N–H and O–H groups in total. The van der Waals surface area contributed by atoms with Crippen molar-refractivity contribution in [1.29, 1.82) is 0 Å². The van der Waals surface area contributed by atoms with Crippen molar-refractivity contribution < 1.29 is 22.8 Å². The van der Waals surface area contributed by atoms with Crippen molar-refractivity contribution in [2.45, 2.75) is 44.3 Å². The van der Waals surface area contributed by atoms with Crippen molar-refractivity contribution in [3.05, 3.63) is 29.6 Å². The molecule has 1 aliphatic heterocycles. The molecule has 1 aromatic heterocycles. The van der Waals surface area contributed by atoms with E-state index in [-0.39, 0.29) is 25.1 Å². The maximum absolute atomic E-state index is 13.2. The van der Waals surface area contributed by atoms with Gasteiger partial charge in [-0.25, -0.2) is 0 Å². The highest BCUT2D eigenvalue weighted by atomic mass is 19.4. The summed E-state index contributed by atoms with van der Waals surface area (Å²) in [6.45, 7) is 0.107. The first kappa shape index (κ1) is 17.2. The highest BCUT2D eigenvalue weighted by molar-refractivity contribution is 5.90. The van der Waals surface area contributed by atoms with Crippen molar-refractivity contribution in [2.24, 2.45) is 5.73 Å². The number of amides is 2. The smallest absolute Gasteiger partial charge is 0.364 e. The highest BCUT2D eigenvalue weighted by Gasteiger charge is 2.45. The summed E-state index contributed by atoms with van der Waals surface area (Å²) in [5, 5.41) is 0. The second-order valence-electron chi connectivity index (χ2n) is 5.59. The van der Waals surface area contributed by atoms with Gasteiger partial charge in [0.05, 0.1) is 6.42 Å². The van der Waals surface area contributed by atoms with Crippen LogP contribution >= 0.6 is 0 Å². The van der Waals surface area contributed by atoms with Crippen LogP contribution in [0.4, 0.5) is 13.2 Å². The first-order valence-electron chi connectivity index (χ1n) is 7.40. The van der Waals surface area contributed by atoms with E-state index in [1.807, 2.05) is 0 Å². The van der Waals surface area contributed by atoms with Crippen LogP contribution in [0, 0.1) is 0 Å². The van der Waals surface area contributed by atoms with Gasteiger partial charge in [-0.1, -0.05) is 18.9 Å². The number of carbonyl (C=O) groups excluding carboxylic acids is 2. The van der Waals surface area contributed by atoms with Crippen LogP contribution in [0.2, 0.25) is 0 Å². The van der Waals surface area contributed by atoms with Crippen LogP contribution in [0.25, 0.3) is 0 Å². The van der Waals surface area contributed by atoms with Crippen LogP contribution in [-0.2, 0) is 11.2 Å². The normalized spacial score (nSPS) is 19.3. The van der Waals surface area contributed by atoms with E-state index < -0.39 is 24.0 Å². The first-order valence-corrected chi connectivity index (χ1v) is 7.40. The van der Waals surface area contributed by atoms with E-state index in [1.54, 1.807) is 0 Å². The zero-order valence-corrected chi connectivity index (χ0v) is 12.5. The molecule has 2 heterocycles. The Balaban J connectivity index is 2.11. The second-order valence-corrected chi connectivity index (χ2v) is 5.59. The van der Waals surface area contributed by atoms with E-state index in [4.69, 9.17) is 5.73 Å². The summed E-state index contributed by atoms with van der Waals surface area (Å²) in [5.41, 5.74) is 5.56. The molecule has 8 heteroatoms. The van der Waals surface area contributed by atoms with Crippen LogP contribution in [0.1, 0.15) is 41.7 Å². The van der Waals surface area contributed by atoms with Gasteiger partial charge < -0.3 is 10.6 Å². The van der Waals surface area contributed by atoms with E-state index in [1.165, 1.54) is 18.3 Å². The van der Waals surface area contributed by atoms with Crippen molar-refractivity contribution in [1.82, 2.24) is 9.88 Å². The Morgan fingerprint density at radius 1 is 1.26 bits per heavy atom. The minimum atomic E-state index is -4.42. The molecule has 0 spiro atoms. The molecule has 1 saturated heterocycles. The number of hydrogen-bond donors (Lipinski definition) is 1. The van der Waals surface area contributed by atoms with Crippen LogP contribution < -0.4 is 5.73 Å². The maximum Gasteiger partial charge on any atom is 0.408 e. The molecule has 0 aliphatic carbocycles. The number of carbonyl (C=O) groups is 2. The molecule has 0 aromatic carbocycles. The third-order valence-corrected chi connectivity index (χ3v) is 3.88. The third kappa shape index (κ3) is 4.43. The number of halogens is 3. The zero-order chi connectivity index (χ0) is 17.0. The second kappa shape index (κ2) is 6.97. The number of pyridine rings is 1. The highest BCUT2D eigenvalue weighted by Crippen LogP contribution is 2.31. The first-order chi connectivity index (χ1) is 10.8. The molecule has 23 heavy (non-hydrogen) atoms. The Bertz CT molecular complexity index is 572. The number of aromatic nitrogens is 1. The number of rotatable bonds is 3. The molecule has 1 atom stereocenters. The van der Waals surface area contributed by atoms with Gasteiger partial charge >= 0.3 is 6.18 Å². The Kier molecular flexibility index (Phi) is 5.23. The number of nitrogens with two attached hydrogens (primary N) is 1. The molecular formula is C15H18F3N3O2. The number of nitrogens with zero attached hydrogens (tertiary/aromatic N) is 2. The predicted octanol–water partition coefficient (Wildman–Crippen LogP) is 2.06. The molecule has 0 bridgehead atoms. The molecule has 5 nitrogen and oxygen atoms in total. The van der Waals surface area contributed by atoms with Crippen molar-refractivity contribution in [2.75, 3.05) is 6.54 Å². The van der Waals surface area contributed by atoms with Gasteiger partial charge in [0.2, 0.25) is 5.91 Å². The van der Waals surface area contributed by atoms with Gasteiger partial charge in [0.1, 0.15) is 11.7 Å². The Labute approximate surface area is 131 Å². The number of primary amides is 1. The van der Waals surface area contributed by atoms with Gasteiger partial charge in [-0.3, -0.25) is 14.6 Å². The molecule has 0 radical (unpaired) electrons. The fourth-order valence-electron chi connectivity index (χ4n) is 2.70. The van der Waals surface area contributed by atoms with Crippen LogP contribution in [0.15, 0.2) is 18.3 Å². The quantitative estimate of drug-likeness (QED) is 0.922. The summed E-state index contributed by atoms with van der Waals surface area (Å²) in [6, 6.07) is 1.11. The lowest BCUT2D eigenvalue weighted by Gasteiger charge is -2.31. The Hall–Kier alpha value is -2.12. The molecule has 1 aromatic rings. The minimum absolute atomic E-state index is 0.0455. The SMILES string of the molecule is NC(=O)c1ccc(CC(=O)N2CCCCCC2C(F)(F)F)cn1. The van der Waals surface area contributed by atoms with Gasteiger partial charge in [-0.2, -0.15) is 13.2 Å². The summed E-state index contributed by atoms with van der Waals surface area (Å²) < 4.78 is 39.5. The summed E-state index contributed by atoms with van der Waals surface area (Å²) >= 11 is 0. The number of hydrogen-bond acceptors (Lipinski definition) is 3. The Morgan fingerprint density at radius 3 is 2.57 bits per heavy atom. The topological polar surface area (TPSA) is 76.3 Å². The molecule has 1 unspecified atom stereocenters. The largest absolute Gasteiger partial charge is 0.408 e. The Morgan fingerprint density at radius 2 is 2.00 bits per heavy atom. The fourth-order valence-corrected chi connectivity index (χ4v) is 2.70. The lowest BCUT2D eigenvalue weighted by Crippen LogP contribution is -2.48. The number of likely N-dealkylation sites (tertiary alicyclic amines) is 1. The van der Waals surface area contributed by atoms with Gasteiger partial charge in [0, 0.05) is 12.7 Å².